The largest absolute Gasteiger partial charge is 0.476 e. The zero-order chi connectivity index (χ0) is 13.7. The summed E-state index contributed by atoms with van der Waals surface area (Å²) in [5.41, 5.74) is -0.0254. The first-order valence-corrected chi connectivity index (χ1v) is 7.13. The van der Waals surface area contributed by atoms with Gasteiger partial charge in [-0.1, -0.05) is 31.3 Å². The summed E-state index contributed by atoms with van der Waals surface area (Å²) < 4.78 is 5.01. The lowest BCUT2D eigenvalue weighted by Crippen LogP contribution is -2.36. The minimum absolute atomic E-state index is 0.0254. The fraction of sp³-hybridized carbons (Fsp3) is 0.714. The van der Waals surface area contributed by atoms with Crippen molar-refractivity contribution in [2.45, 2.75) is 58.0 Å². The van der Waals surface area contributed by atoms with Crippen LogP contribution in [0.1, 0.15) is 61.7 Å². The van der Waals surface area contributed by atoms with Gasteiger partial charge >= 0.3 is 5.97 Å². The summed E-state index contributed by atoms with van der Waals surface area (Å²) in [7, 11) is 0. The van der Waals surface area contributed by atoms with Gasteiger partial charge in [0, 0.05) is 12.1 Å². The summed E-state index contributed by atoms with van der Waals surface area (Å²) in [5, 5.41) is 15.8. The molecule has 0 spiro atoms. The first-order valence-electron chi connectivity index (χ1n) is 7.13. The Bertz CT molecular complexity index is 411. The average Bonchev–Trinajstić information content (AvgIpc) is 2.90. The highest BCUT2D eigenvalue weighted by Crippen LogP contribution is 2.27. The zero-order valence-electron chi connectivity index (χ0n) is 11.4. The summed E-state index contributed by atoms with van der Waals surface area (Å²) in [5.74, 6) is 0.279. The number of nitrogens with zero attached hydrogens (tertiary/aromatic N) is 1. The topological polar surface area (TPSA) is 75.4 Å². The fourth-order valence-electron chi connectivity index (χ4n) is 2.91. The van der Waals surface area contributed by atoms with Gasteiger partial charge in [0.15, 0.2) is 11.5 Å². The van der Waals surface area contributed by atoms with Gasteiger partial charge in [0.25, 0.3) is 0 Å². The SMILES string of the molecule is CCC(NCc1cc(C(=O)O)no1)C1CCCCC1. The Hall–Kier alpha value is -1.36. The minimum Gasteiger partial charge on any atom is -0.476 e. The number of hydrogen-bond acceptors (Lipinski definition) is 4. The van der Waals surface area contributed by atoms with E-state index < -0.39 is 5.97 Å². The van der Waals surface area contributed by atoms with Crippen LogP contribution in [0, 0.1) is 5.92 Å². The van der Waals surface area contributed by atoms with Crippen molar-refractivity contribution in [2.24, 2.45) is 5.92 Å². The number of hydrogen-bond donors (Lipinski definition) is 2. The van der Waals surface area contributed by atoms with Gasteiger partial charge in [-0.2, -0.15) is 0 Å². The predicted molar refractivity (Wildman–Crippen MR) is 71.0 cm³/mol. The Kier molecular flexibility index (Phi) is 4.96. The fourth-order valence-corrected chi connectivity index (χ4v) is 2.91. The standard InChI is InChI=1S/C14H22N2O3/c1-2-12(10-6-4-3-5-7-10)15-9-11-8-13(14(17)18)16-19-11/h8,10,12,15H,2-7,9H2,1H3,(H,17,18). The molecule has 0 aromatic carbocycles. The van der Waals surface area contributed by atoms with E-state index in [1.54, 1.807) is 0 Å². The summed E-state index contributed by atoms with van der Waals surface area (Å²) in [6, 6.07) is 1.97. The van der Waals surface area contributed by atoms with Crippen LogP contribution < -0.4 is 5.32 Å². The molecular formula is C14H22N2O3. The molecule has 1 aliphatic rings. The summed E-state index contributed by atoms with van der Waals surface area (Å²) >= 11 is 0. The van der Waals surface area contributed by atoms with E-state index in [4.69, 9.17) is 9.63 Å². The van der Waals surface area contributed by atoms with E-state index in [0.29, 0.717) is 18.3 Å². The second kappa shape index (κ2) is 6.70. The molecule has 1 atom stereocenters. The Labute approximate surface area is 113 Å². The van der Waals surface area contributed by atoms with Gasteiger partial charge in [-0.15, -0.1) is 0 Å². The first-order chi connectivity index (χ1) is 9.20. The molecule has 0 amide bonds. The van der Waals surface area contributed by atoms with Crippen LogP contribution in [0.15, 0.2) is 10.6 Å². The van der Waals surface area contributed by atoms with Crippen LogP contribution in [0.3, 0.4) is 0 Å². The van der Waals surface area contributed by atoms with Crippen LogP contribution in [0.25, 0.3) is 0 Å². The molecule has 5 nitrogen and oxygen atoms in total. The minimum atomic E-state index is -1.05. The number of carboxylic acids is 1. The maximum absolute atomic E-state index is 10.7. The molecule has 106 valence electrons. The quantitative estimate of drug-likeness (QED) is 0.828. The van der Waals surface area contributed by atoms with Crippen LogP contribution in [0.5, 0.6) is 0 Å². The number of carboxylic acid groups (broad SMARTS) is 1. The van der Waals surface area contributed by atoms with E-state index in [1.807, 2.05) is 0 Å². The highest BCUT2D eigenvalue weighted by atomic mass is 16.5. The van der Waals surface area contributed by atoms with E-state index in [1.165, 1.54) is 38.2 Å². The van der Waals surface area contributed by atoms with E-state index in [2.05, 4.69) is 17.4 Å². The Morgan fingerprint density at radius 2 is 2.26 bits per heavy atom. The first kappa shape index (κ1) is 14.1. The predicted octanol–water partition coefficient (Wildman–Crippen LogP) is 2.82. The number of aromatic nitrogens is 1. The van der Waals surface area contributed by atoms with Gasteiger partial charge in [-0.25, -0.2) is 4.79 Å². The third-order valence-electron chi connectivity index (χ3n) is 3.98. The molecule has 1 aromatic rings. The maximum atomic E-state index is 10.7. The molecular weight excluding hydrogens is 244 g/mol. The van der Waals surface area contributed by atoms with Crippen LogP contribution in [-0.2, 0) is 6.54 Å². The highest BCUT2D eigenvalue weighted by Gasteiger charge is 2.22. The molecule has 0 saturated heterocycles. The van der Waals surface area contributed by atoms with Crippen molar-refractivity contribution < 1.29 is 14.4 Å². The summed E-state index contributed by atoms with van der Waals surface area (Å²) in [6.07, 6.45) is 7.69. The number of nitrogens with one attached hydrogen (secondary N) is 1. The molecule has 0 aliphatic heterocycles. The van der Waals surface area contributed by atoms with Crippen molar-refractivity contribution in [1.29, 1.82) is 0 Å². The van der Waals surface area contributed by atoms with Crippen molar-refractivity contribution in [3.05, 3.63) is 17.5 Å². The molecule has 1 aromatic heterocycles. The number of aromatic carboxylic acids is 1. The molecule has 1 unspecified atom stereocenters. The lowest BCUT2D eigenvalue weighted by Gasteiger charge is -2.30. The monoisotopic (exact) mass is 266 g/mol. The molecule has 1 fully saturated rings. The smallest absolute Gasteiger partial charge is 0.358 e. The van der Waals surface area contributed by atoms with Crippen LogP contribution in [-0.4, -0.2) is 22.3 Å². The number of carbonyl (C=O) groups is 1. The molecule has 2 rings (SSSR count). The van der Waals surface area contributed by atoms with Gasteiger partial charge in [-0.3, -0.25) is 0 Å². The third kappa shape index (κ3) is 3.80. The molecule has 0 bridgehead atoms. The van der Waals surface area contributed by atoms with Gasteiger partial charge in [0.05, 0.1) is 6.54 Å². The second-order valence-corrected chi connectivity index (χ2v) is 5.28. The molecule has 1 saturated carbocycles. The lowest BCUT2D eigenvalue weighted by molar-refractivity contribution is 0.0685. The highest BCUT2D eigenvalue weighted by molar-refractivity contribution is 5.85. The molecule has 19 heavy (non-hydrogen) atoms. The van der Waals surface area contributed by atoms with E-state index >= 15 is 0 Å². The van der Waals surface area contributed by atoms with Gasteiger partial charge < -0.3 is 14.9 Å². The molecule has 2 N–H and O–H groups in total. The lowest BCUT2D eigenvalue weighted by atomic mass is 9.83. The van der Waals surface area contributed by atoms with Crippen molar-refractivity contribution in [1.82, 2.24) is 10.5 Å². The number of rotatable bonds is 6. The van der Waals surface area contributed by atoms with Gasteiger partial charge in [0.2, 0.25) is 0 Å². The van der Waals surface area contributed by atoms with E-state index in [-0.39, 0.29) is 5.69 Å². The van der Waals surface area contributed by atoms with E-state index in [0.717, 1.165) is 12.3 Å². The van der Waals surface area contributed by atoms with Crippen LogP contribution >= 0.6 is 0 Å². The average molecular weight is 266 g/mol. The van der Waals surface area contributed by atoms with Crippen LogP contribution in [0.4, 0.5) is 0 Å². The van der Waals surface area contributed by atoms with Gasteiger partial charge in [0.1, 0.15) is 0 Å². The molecule has 1 aliphatic carbocycles. The molecule has 0 radical (unpaired) electrons. The summed E-state index contributed by atoms with van der Waals surface area (Å²) in [6.45, 7) is 2.74. The summed E-state index contributed by atoms with van der Waals surface area (Å²) in [4.78, 5) is 10.7. The third-order valence-corrected chi connectivity index (χ3v) is 3.98. The Morgan fingerprint density at radius 3 is 2.84 bits per heavy atom. The second-order valence-electron chi connectivity index (χ2n) is 5.28. The van der Waals surface area contributed by atoms with Gasteiger partial charge in [-0.05, 0) is 25.2 Å². The van der Waals surface area contributed by atoms with Crippen molar-refractivity contribution >= 4 is 5.97 Å². The Balaban J connectivity index is 1.86. The molecule has 5 heteroatoms. The van der Waals surface area contributed by atoms with Crippen molar-refractivity contribution in [3.63, 3.8) is 0 Å². The van der Waals surface area contributed by atoms with Crippen molar-refractivity contribution in [3.8, 4) is 0 Å². The molecule has 1 heterocycles. The van der Waals surface area contributed by atoms with Crippen molar-refractivity contribution in [2.75, 3.05) is 0 Å². The zero-order valence-corrected chi connectivity index (χ0v) is 11.4. The van der Waals surface area contributed by atoms with Crippen LogP contribution in [0.2, 0.25) is 0 Å². The Morgan fingerprint density at radius 1 is 1.53 bits per heavy atom. The maximum Gasteiger partial charge on any atom is 0.358 e. The van der Waals surface area contributed by atoms with E-state index in [9.17, 15) is 4.79 Å². The normalized spacial score (nSPS) is 18.4.